The molecule has 0 spiro atoms. The van der Waals surface area contributed by atoms with Crippen LogP contribution in [-0.4, -0.2) is 58.6 Å². The van der Waals surface area contributed by atoms with Crippen molar-refractivity contribution in [3.05, 3.63) is 30.1 Å². The third-order valence-corrected chi connectivity index (χ3v) is 3.11. The molecule has 1 aromatic rings. The van der Waals surface area contributed by atoms with Gasteiger partial charge in [-0.05, 0) is 11.6 Å². The van der Waals surface area contributed by atoms with Crippen LogP contribution in [0.2, 0.25) is 0 Å². The van der Waals surface area contributed by atoms with Gasteiger partial charge in [0.2, 0.25) is 5.91 Å². The molecule has 17 heavy (non-hydrogen) atoms. The van der Waals surface area contributed by atoms with Gasteiger partial charge in [-0.15, -0.1) is 0 Å². The van der Waals surface area contributed by atoms with Gasteiger partial charge in [-0.2, -0.15) is 0 Å². The molecule has 5 nitrogen and oxygen atoms in total. The number of nitrogens with zero attached hydrogens (tertiary/aromatic N) is 3. The first-order valence-corrected chi connectivity index (χ1v) is 5.71. The molecule has 1 amide bonds. The van der Waals surface area contributed by atoms with Gasteiger partial charge in [0.1, 0.15) is 6.04 Å². The molecule has 2 heterocycles. The number of amides is 1. The largest absolute Gasteiger partial charge is 0.394 e. The van der Waals surface area contributed by atoms with Crippen molar-refractivity contribution in [3.63, 3.8) is 0 Å². The molecule has 1 unspecified atom stereocenters. The minimum absolute atomic E-state index is 0.0114. The van der Waals surface area contributed by atoms with E-state index in [0.29, 0.717) is 13.1 Å². The maximum Gasteiger partial charge on any atom is 0.242 e. The number of rotatable bonds is 3. The zero-order valence-electron chi connectivity index (χ0n) is 9.91. The van der Waals surface area contributed by atoms with Crippen molar-refractivity contribution in [3.8, 4) is 0 Å². The second-order valence-electron chi connectivity index (χ2n) is 4.29. The summed E-state index contributed by atoms with van der Waals surface area (Å²) in [6.07, 6.45) is 3.51. The fourth-order valence-corrected chi connectivity index (χ4v) is 2.06. The van der Waals surface area contributed by atoms with Gasteiger partial charge in [-0.3, -0.25) is 14.7 Å². The number of aliphatic hydroxyl groups excluding tert-OH is 1. The van der Waals surface area contributed by atoms with Gasteiger partial charge >= 0.3 is 0 Å². The van der Waals surface area contributed by atoms with Crippen molar-refractivity contribution in [2.24, 2.45) is 0 Å². The van der Waals surface area contributed by atoms with Crippen molar-refractivity contribution < 1.29 is 9.90 Å². The smallest absolute Gasteiger partial charge is 0.242 e. The molecule has 1 atom stereocenters. The Morgan fingerprint density at radius 3 is 3.00 bits per heavy atom. The maximum absolute atomic E-state index is 11.9. The van der Waals surface area contributed by atoms with E-state index >= 15 is 0 Å². The van der Waals surface area contributed by atoms with Crippen LogP contribution in [-0.2, 0) is 11.3 Å². The third-order valence-electron chi connectivity index (χ3n) is 3.11. The average Bonchev–Trinajstić information content (AvgIpc) is 2.36. The monoisotopic (exact) mass is 235 g/mol. The lowest BCUT2D eigenvalue weighted by molar-refractivity contribution is -0.142. The van der Waals surface area contributed by atoms with Crippen LogP contribution in [0, 0.1) is 0 Å². The third kappa shape index (κ3) is 2.62. The molecule has 92 valence electrons. The van der Waals surface area contributed by atoms with Crippen molar-refractivity contribution >= 4 is 5.91 Å². The minimum Gasteiger partial charge on any atom is -0.394 e. The molecule has 1 aliphatic heterocycles. The summed E-state index contributed by atoms with van der Waals surface area (Å²) in [6.45, 7) is 2.00. The van der Waals surface area contributed by atoms with Gasteiger partial charge in [0.15, 0.2) is 0 Å². The number of aliphatic hydroxyl groups is 1. The number of aromatic nitrogens is 1. The lowest BCUT2D eigenvalue weighted by Crippen LogP contribution is -2.56. The van der Waals surface area contributed by atoms with Crippen LogP contribution in [0.15, 0.2) is 24.5 Å². The highest BCUT2D eigenvalue weighted by Gasteiger charge is 2.32. The summed E-state index contributed by atoms with van der Waals surface area (Å²) in [5, 5.41) is 9.32. The zero-order chi connectivity index (χ0) is 12.3. The average molecular weight is 235 g/mol. The molecule has 0 aromatic carbocycles. The summed E-state index contributed by atoms with van der Waals surface area (Å²) in [5.41, 5.74) is 1.06. The van der Waals surface area contributed by atoms with Gasteiger partial charge in [0.25, 0.3) is 0 Å². The molecule has 1 N–H and O–H groups in total. The summed E-state index contributed by atoms with van der Waals surface area (Å²) in [6, 6.07) is 3.43. The van der Waals surface area contributed by atoms with Crippen LogP contribution in [0.1, 0.15) is 5.56 Å². The number of piperazine rings is 1. The quantitative estimate of drug-likeness (QED) is 0.782. The Morgan fingerprint density at radius 2 is 2.35 bits per heavy atom. The van der Waals surface area contributed by atoms with E-state index in [1.165, 1.54) is 0 Å². The van der Waals surface area contributed by atoms with Crippen molar-refractivity contribution in [2.45, 2.75) is 12.6 Å². The Bertz CT molecular complexity index is 383. The first kappa shape index (κ1) is 12.0. The first-order chi connectivity index (χ1) is 8.22. The van der Waals surface area contributed by atoms with E-state index in [2.05, 4.69) is 4.98 Å². The van der Waals surface area contributed by atoms with Gasteiger partial charge in [0.05, 0.1) is 6.61 Å². The molecule has 0 aliphatic carbocycles. The zero-order valence-corrected chi connectivity index (χ0v) is 9.91. The molecule has 5 heteroatoms. The van der Waals surface area contributed by atoms with E-state index in [-0.39, 0.29) is 12.5 Å². The van der Waals surface area contributed by atoms with E-state index < -0.39 is 6.04 Å². The molecule has 1 fully saturated rings. The Balaban J connectivity index is 2.07. The maximum atomic E-state index is 11.9. The van der Waals surface area contributed by atoms with Crippen molar-refractivity contribution in [1.29, 1.82) is 0 Å². The van der Waals surface area contributed by atoms with Crippen LogP contribution < -0.4 is 0 Å². The molecule has 1 aromatic heterocycles. The van der Waals surface area contributed by atoms with Crippen LogP contribution in [0.25, 0.3) is 0 Å². The second-order valence-corrected chi connectivity index (χ2v) is 4.29. The SMILES string of the molecule is CN1CCN(Cc2cccnc2)C(CO)C1=O. The highest BCUT2D eigenvalue weighted by Crippen LogP contribution is 2.13. The summed E-state index contributed by atoms with van der Waals surface area (Å²) in [7, 11) is 1.77. The lowest BCUT2D eigenvalue weighted by atomic mass is 10.1. The van der Waals surface area contributed by atoms with Crippen LogP contribution in [0.5, 0.6) is 0 Å². The van der Waals surface area contributed by atoms with Crippen LogP contribution in [0.3, 0.4) is 0 Å². The molecular formula is C12H17N3O2. The number of likely N-dealkylation sites (N-methyl/N-ethyl adjacent to an activating group) is 1. The minimum atomic E-state index is -0.422. The summed E-state index contributed by atoms with van der Waals surface area (Å²) < 4.78 is 0. The number of pyridine rings is 1. The molecular weight excluding hydrogens is 218 g/mol. The van der Waals surface area contributed by atoms with E-state index in [1.807, 2.05) is 17.0 Å². The predicted molar refractivity (Wildman–Crippen MR) is 63.2 cm³/mol. The lowest BCUT2D eigenvalue weighted by Gasteiger charge is -2.38. The summed E-state index contributed by atoms with van der Waals surface area (Å²) in [4.78, 5) is 19.6. The topological polar surface area (TPSA) is 56.7 Å². The highest BCUT2D eigenvalue weighted by atomic mass is 16.3. The molecule has 0 saturated carbocycles. The van der Waals surface area contributed by atoms with Crippen molar-refractivity contribution in [1.82, 2.24) is 14.8 Å². The van der Waals surface area contributed by atoms with Crippen LogP contribution >= 0.6 is 0 Å². The fraction of sp³-hybridized carbons (Fsp3) is 0.500. The molecule has 0 radical (unpaired) electrons. The molecule has 1 saturated heterocycles. The van der Waals surface area contributed by atoms with E-state index in [4.69, 9.17) is 0 Å². The Kier molecular flexibility index (Phi) is 3.71. The number of carbonyl (C=O) groups is 1. The Hall–Kier alpha value is -1.46. The standard InChI is InChI=1S/C12H17N3O2/c1-14-5-6-15(11(9-16)12(14)17)8-10-3-2-4-13-7-10/h2-4,7,11,16H,5-6,8-9H2,1H3. The van der Waals surface area contributed by atoms with Gasteiger partial charge in [0, 0.05) is 39.1 Å². The highest BCUT2D eigenvalue weighted by molar-refractivity contribution is 5.82. The van der Waals surface area contributed by atoms with E-state index in [9.17, 15) is 9.90 Å². The Morgan fingerprint density at radius 1 is 1.53 bits per heavy atom. The van der Waals surface area contributed by atoms with E-state index in [0.717, 1.165) is 12.1 Å². The molecule has 2 rings (SSSR count). The molecule has 0 bridgehead atoms. The summed E-state index contributed by atoms with van der Waals surface area (Å²) >= 11 is 0. The molecule has 1 aliphatic rings. The normalized spacial score (nSPS) is 21.9. The second kappa shape index (κ2) is 5.25. The van der Waals surface area contributed by atoms with E-state index in [1.54, 1.807) is 24.3 Å². The van der Waals surface area contributed by atoms with Gasteiger partial charge in [-0.1, -0.05) is 6.07 Å². The number of hydrogen-bond donors (Lipinski definition) is 1. The van der Waals surface area contributed by atoms with Crippen molar-refractivity contribution in [2.75, 3.05) is 26.7 Å². The Labute approximate surface area is 101 Å². The first-order valence-electron chi connectivity index (χ1n) is 5.71. The fourth-order valence-electron chi connectivity index (χ4n) is 2.06. The predicted octanol–water partition coefficient (Wildman–Crippen LogP) is -0.284. The van der Waals surface area contributed by atoms with Gasteiger partial charge in [-0.25, -0.2) is 0 Å². The number of hydrogen-bond acceptors (Lipinski definition) is 4. The van der Waals surface area contributed by atoms with Gasteiger partial charge < -0.3 is 10.0 Å². The number of carbonyl (C=O) groups excluding carboxylic acids is 1. The van der Waals surface area contributed by atoms with Crippen LogP contribution in [0.4, 0.5) is 0 Å². The summed E-state index contributed by atoms with van der Waals surface area (Å²) in [5.74, 6) is -0.0114.